The molecule has 2 nitrogen and oxygen atoms in total. The first-order valence-corrected chi connectivity index (χ1v) is 4.91. The largest absolute Gasteiger partial charge is 0.396 e. The second-order valence-corrected chi connectivity index (χ2v) is 4.22. The summed E-state index contributed by atoms with van der Waals surface area (Å²) in [6.45, 7) is 5.59. The Morgan fingerprint density at radius 1 is 1.58 bits per heavy atom. The quantitative estimate of drug-likeness (QED) is 0.702. The van der Waals surface area contributed by atoms with Crippen molar-refractivity contribution in [2.75, 3.05) is 13.2 Å². The first-order chi connectivity index (χ1) is 5.66. The highest BCUT2D eigenvalue weighted by Gasteiger charge is 2.30. The van der Waals surface area contributed by atoms with Crippen molar-refractivity contribution in [3.05, 3.63) is 0 Å². The minimum absolute atomic E-state index is 0.106. The average Bonchev–Trinajstić information content (AvgIpc) is 2.36. The first-order valence-electron chi connectivity index (χ1n) is 4.91. The molecule has 2 heteroatoms. The molecule has 12 heavy (non-hydrogen) atoms. The van der Waals surface area contributed by atoms with Gasteiger partial charge in [0.25, 0.3) is 0 Å². The third-order valence-electron chi connectivity index (χ3n) is 2.70. The maximum atomic E-state index is 8.75. The molecule has 0 aromatic carbocycles. The second kappa shape index (κ2) is 4.24. The van der Waals surface area contributed by atoms with Gasteiger partial charge in [-0.3, -0.25) is 0 Å². The van der Waals surface area contributed by atoms with Crippen molar-refractivity contribution < 1.29 is 9.84 Å². The van der Waals surface area contributed by atoms with E-state index in [0.717, 1.165) is 19.4 Å². The van der Waals surface area contributed by atoms with Crippen LogP contribution in [0.1, 0.15) is 39.5 Å². The molecule has 0 spiro atoms. The van der Waals surface area contributed by atoms with E-state index in [4.69, 9.17) is 9.84 Å². The van der Waals surface area contributed by atoms with Gasteiger partial charge in [0.05, 0.1) is 5.60 Å². The highest BCUT2D eigenvalue weighted by molar-refractivity contribution is 4.81. The Kier molecular flexibility index (Phi) is 3.53. The number of aliphatic hydroxyl groups is 1. The Labute approximate surface area is 74.9 Å². The van der Waals surface area contributed by atoms with E-state index in [-0.39, 0.29) is 5.60 Å². The fourth-order valence-corrected chi connectivity index (χ4v) is 2.06. The molecule has 0 bridgehead atoms. The van der Waals surface area contributed by atoms with Crippen LogP contribution in [0.15, 0.2) is 0 Å². The molecule has 0 aromatic rings. The molecule has 0 saturated carbocycles. The summed E-state index contributed by atoms with van der Waals surface area (Å²) >= 11 is 0. The fourth-order valence-electron chi connectivity index (χ4n) is 2.06. The highest BCUT2D eigenvalue weighted by Crippen LogP contribution is 2.32. The van der Waals surface area contributed by atoms with Gasteiger partial charge in [-0.05, 0) is 38.5 Å². The lowest BCUT2D eigenvalue weighted by atomic mass is 9.89. The van der Waals surface area contributed by atoms with Gasteiger partial charge in [0.1, 0.15) is 0 Å². The van der Waals surface area contributed by atoms with Crippen LogP contribution in [0.2, 0.25) is 0 Å². The predicted octanol–water partition coefficient (Wildman–Crippen LogP) is 1.96. The Bertz CT molecular complexity index is 128. The van der Waals surface area contributed by atoms with Gasteiger partial charge in [0, 0.05) is 13.2 Å². The molecule has 1 heterocycles. The van der Waals surface area contributed by atoms with Gasteiger partial charge in [0.15, 0.2) is 0 Å². The van der Waals surface area contributed by atoms with Crippen LogP contribution < -0.4 is 0 Å². The zero-order chi connectivity index (χ0) is 9.03. The van der Waals surface area contributed by atoms with E-state index in [1.54, 1.807) is 0 Å². The summed E-state index contributed by atoms with van der Waals surface area (Å²) in [5.41, 5.74) is 0.106. The van der Waals surface area contributed by atoms with E-state index in [9.17, 15) is 0 Å². The van der Waals surface area contributed by atoms with Crippen LogP contribution in [0.4, 0.5) is 0 Å². The number of aliphatic hydroxyl groups excluding tert-OH is 1. The van der Waals surface area contributed by atoms with Crippen LogP contribution in [-0.2, 0) is 4.74 Å². The first kappa shape index (κ1) is 10.0. The molecule has 0 radical (unpaired) electrons. The summed E-state index contributed by atoms with van der Waals surface area (Å²) in [6.07, 6.45) is 4.37. The molecular weight excluding hydrogens is 152 g/mol. The minimum atomic E-state index is 0.106. The number of hydrogen-bond acceptors (Lipinski definition) is 2. The summed E-state index contributed by atoms with van der Waals surface area (Å²) in [7, 11) is 0. The molecule has 72 valence electrons. The SMILES string of the molecule is CC(CCO)CC1(C)CCCO1. The van der Waals surface area contributed by atoms with E-state index in [0.29, 0.717) is 12.5 Å². The molecule has 1 rings (SSSR count). The van der Waals surface area contributed by atoms with Gasteiger partial charge < -0.3 is 9.84 Å². The second-order valence-electron chi connectivity index (χ2n) is 4.22. The average molecular weight is 172 g/mol. The number of ether oxygens (including phenoxy) is 1. The van der Waals surface area contributed by atoms with E-state index >= 15 is 0 Å². The number of hydrogen-bond donors (Lipinski definition) is 1. The van der Waals surface area contributed by atoms with Crippen molar-refractivity contribution in [3.8, 4) is 0 Å². The molecule has 2 unspecified atom stereocenters. The van der Waals surface area contributed by atoms with Gasteiger partial charge in [0.2, 0.25) is 0 Å². The molecule has 1 aliphatic heterocycles. The maximum Gasteiger partial charge on any atom is 0.0658 e. The number of rotatable bonds is 4. The van der Waals surface area contributed by atoms with Crippen molar-refractivity contribution in [2.24, 2.45) is 5.92 Å². The van der Waals surface area contributed by atoms with Crippen molar-refractivity contribution in [2.45, 2.75) is 45.1 Å². The summed E-state index contributed by atoms with van der Waals surface area (Å²) in [4.78, 5) is 0. The molecule has 1 N–H and O–H groups in total. The van der Waals surface area contributed by atoms with Gasteiger partial charge >= 0.3 is 0 Å². The smallest absolute Gasteiger partial charge is 0.0658 e. The van der Waals surface area contributed by atoms with Gasteiger partial charge in [-0.2, -0.15) is 0 Å². The van der Waals surface area contributed by atoms with Crippen molar-refractivity contribution in [1.82, 2.24) is 0 Å². The standard InChI is InChI=1S/C10H20O2/c1-9(4-6-11)8-10(2)5-3-7-12-10/h9,11H,3-8H2,1-2H3. The summed E-state index contributed by atoms with van der Waals surface area (Å²) in [5, 5.41) is 8.75. The van der Waals surface area contributed by atoms with Crippen LogP contribution in [0.3, 0.4) is 0 Å². The highest BCUT2D eigenvalue weighted by atomic mass is 16.5. The molecule has 2 atom stereocenters. The maximum absolute atomic E-state index is 8.75. The monoisotopic (exact) mass is 172 g/mol. The van der Waals surface area contributed by atoms with Crippen LogP contribution in [0.25, 0.3) is 0 Å². The van der Waals surface area contributed by atoms with Crippen molar-refractivity contribution in [1.29, 1.82) is 0 Å². The summed E-state index contributed by atoms with van der Waals surface area (Å²) in [5.74, 6) is 0.582. The molecule has 1 aliphatic rings. The molecule has 1 fully saturated rings. The van der Waals surface area contributed by atoms with Gasteiger partial charge in [-0.25, -0.2) is 0 Å². The van der Waals surface area contributed by atoms with Crippen LogP contribution >= 0.6 is 0 Å². The third-order valence-corrected chi connectivity index (χ3v) is 2.70. The Hall–Kier alpha value is -0.0800. The zero-order valence-electron chi connectivity index (χ0n) is 8.18. The molecular formula is C10H20O2. The van der Waals surface area contributed by atoms with E-state index in [1.165, 1.54) is 12.8 Å². The lowest BCUT2D eigenvalue weighted by Gasteiger charge is -2.26. The van der Waals surface area contributed by atoms with Gasteiger partial charge in [-0.1, -0.05) is 6.92 Å². The van der Waals surface area contributed by atoms with E-state index in [1.807, 2.05) is 0 Å². The molecule has 1 saturated heterocycles. The Balaban J connectivity index is 2.28. The Morgan fingerprint density at radius 3 is 2.83 bits per heavy atom. The van der Waals surface area contributed by atoms with Crippen LogP contribution in [0, 0.1) is 5.92 Å². The topological polar surface area (TPSA) is 29.5 Å². The molecule has 0 amide bonds. The third kappa shape index (κ3) is 2.76. The predicted molar refractivity (Wildman–Crippen MR) is 49.1 cm³/mol. The minimum Gasteiger partial charge on any atom is -0.396 e. The fraction of sp³-hybridized carbons (Fsp3) is 1.00. The molecule has 0 aliphatic carbocycles. The van der Waals surface area contributed by atoms with Gasteiger partial charge in [-0.15, -0.1) is 0 Å². The van der Waals surface area contributed by atoms with E-state index in [2.05, 4.69) is 13.8 Å². The summed E-state index contributed by atoms with van der Waals surface area (Å²) in [6, 6.07) is 0. The van der Waals surface area contributed by atoms with E-state index < -0.39 is 0 Å². The summed E-state index contributed by atoms with van der Waals surface area (Å²) < 4.78 is 5.68. The van der Waals surface area contributed by atoms with Crippen molar-refractivity contribution in [3.63, 3.8) is 0 Å². The Morgan fingerprint density at radius 2 is 2.33 bits per heavy atom. The van der Waals surface area contributed by atoms with Crippen LogP contribution in [0.5, 0.6) is 0 Å². The lowest BCUT2D eigenvalue weighted by Crippen LogP contribution is -2.26. The molecule has 0 aromatic heterocycles. The van der Waals surface area contributed by atoms with Crippen LogP contribution in [-0.4, -0.2) is 23.9 Å². The lowest BCUT2D eigenvalue weighted by molar-refractivity contribution is -0.000147. The van der Waals surface area contributed by atoms with Crippen molar-refractivity contribution >= 4 is 0 Å². The zero-order valence-corrected chi connectivity index (χ0v) is 8.18. The normalized spacial score (nSPS) is 32.2.